The van der Waals surface area contributed by atoms with E-state index >= 15 is 0 Å². The van der Waals surface area contributed by atoms with Crippen molar-refractivity contribution >= 4 is 39.4 Å². The van der Waals surface area contributed by atoms with Crippen molar-refractivity contribution in [2.75, 3.05) is 11.6 Å². The molecule has 1 saturated heterocycles. The van der Waals surface area contributed by atoms with Gasteiger partial charge in [-0.3, -0.25) is 4.79 Å². The Balaban J connectivity index is 1.74. The van der Waals surface area contributed by atoms with Gasteiger partial charge in [0.2, 0.25) is 5.91 Å². The van der Waals surface area contributed by atoms with Crippen LogP contribution >= 0.6 is 27.7 Å². The molecule has 1 aromatic heterocycles. The summed E-state index contributed by atoms with van der Waals surface area (Å²) in [5, 5.41) is 6.18. The van der Waals surface area contributed by atoms with Crippen LogP contribution in [0.4, 0.5) is 10.2 Å². The van der Waals surface area contributed by atoms with E-state index in [-0.39, 0.29) is 22.0 Å². The molecule has 0 bridgehead atoms. The Morgan fingerprint density at radius 1 is 1.67 bits per heavy atom. The molecule has 1 saturated carbocycles. The maximum atomic E-state index is 13.6. The largest absolute Gasteiger partial charge is 0.309 e. The number of nitrogens with zero attached hydrogens (tertiary/aromatic N) is 1. The highest BCUT2D eigenvalue weighted by molar-refractivity contribution is 9.10. The zero-order valence-electron chi connectivity index (χ0n) is 11.9. The fraction of sp³-hybridized carbons (Fsp3) is 0.571. The van der Waals surface area contributed by atoms with E-state index in [1.807, 2.05) is 6.26 Å². The van der Waals surface area contributed by atoms with E-state index in [4.69, 9.17) is 0 Å². The van der Waals surface area contributed by atoms with Crippen molar-refractivity contribution in [3.05, 3.63) is 22.1 Å². The molecule has 1 unspecified atom stereocenters. The predicted octanol–water partition coefficient (Wildman–Crippen LogP) is 2.93. The second-order valence-corrected chi connectivity index (χ2v) is 7.64. The number of thioether (sulfide) groups is 1. The molecule has 114 valence electrons. The maximum absolute atomic E-state index is 13.6. The quantitative estimate of drug-likeness (QED) is 0.796. The Bertz CT molecular complexity index is 600. The van der Waals surface area contributed by atoms with Crippen LogP contribution in [0, 0.1) is 11.2 Å². The number of amides is 1. The van der Waals surface area contributed by atoms with Crippen LogP contribution < -0.4 is 10.6 Å². The molecule has 3 rings (SSSR count). The number of halogens is 2. The first-order valence-corrected chi connectivity index (χ1v) is 9.02. The van der Waals surface area contributed by atoms with Crippen molar-refractivity contribution in [2.24, 2.45) is 5.41 Å². The molecule has 2 aliphatic rings. The van der Waals surface area contributed by atoms with Crippen molar-refractivity contribution in [3.63, 3.8) is 0 Å². The third-order valence-electron chi connectivity index (χ3n) is 4.29. The van der Waals surface area contributed by atoms with Crippen molar-refractivity contribution in [1.82, 2.24) is 10.3 Å². The summed E-state index contributed by atoms with van der Waals surface area (Å²) in [6, 6.07) is 1.71. The monoisotopic (exact) mass is 373 g/mol. The number of carbonyl (C=O) groups is 1. The Morgan fingerprint density at radius 3 is 3.05 bits per heavy atom. The molecular weight excluding hydrogens is 357 g/mol. The topological polar surface area (TPSA) is 54.0 Å². The Kier molecular flexibility index (Phi) is 4.00. The molecule has 1 aliphatic carbocycles. The van der Waals surface area contributed by atoms with Crippen LogP contribution in [0.15, 0.2) is 10.7 Å². The standard InChI is InChI=1S/C14H17BrFN3OS/c1-14-4-9(17-10(14)5-14)13(20)19-12-7(6-21-2)3-8(16)11(15)18-12/h3,9-10,17H,4-6H2,1-2H3,(H,18,19,20)/t9?,10-,14+/m1/s1. The molecule has 7 heteroatoms. The van der Waals surface area contributed by atoms with Crippen LogP contribution in [0.3, 0.4) is 0 Å². The lowest BCUT2D eigenvalue weighted by molar-refractivity contribution is -0.118. The smallest absolute Gasteiger partial charge is 0.242 e. The number of aromatic nitrogens is 1. The van der Waals surface area contributed by atoms with Gasteiger partial charge < -0.3 is 10.6 Å². The maximum Gasteiger partial charge on any atom is 0.242 e. The number of anilines is 1. The van der Waals surface area contributed by atoms with Gasteiger partial charge >= 0.3 is 0 Å². The number of hydrogen-bond donors (Lipinski definition) is 2. The summed E-state index contributed by atoms with van der Waals surface area (Å²) in [7, 11) is 0. The zero-order valence-corrected chi connectivity index (χ0v) is 14.3. The lowest BCUT2D eigenvalue weighted by Gasteiger charge is -2.16. The normalized spacial score (nSPS) is 30.1. The van der Waals surface area contributed by atoms with Crippen molar-refractivity contribution < 1.29 is 9.18 Å². The van der Waals surface area contributed by atoms with Crippen LogP contribution in [0.5, 0.6) is 0 Å². The first kappa shape index (κ1) is 15.2. The lowest BCUT2D eigenvalue weighted by atomic mass is 10.0. The number of piperidine rings is 1. The number of pyridine rings is 1. The highest BCUT2D eigenvalue weighted by Gasteiger charge is 2.58. The summed E-state index contributed by atoms with van der Waals surface area (Å²) in [5.74, 6) is 0.544. The summed E-state index contributed by atoms with van der Waals surface area (Å²) in [4.78, 5) is 16.5. The van der Waals surface area contributed by atoms with E-state index < -0.39 is 5.82 Å². The minimum Gasteiger partial charge on any atom is -0.309 e. The van der Waals surface area contributed by atoms with Crippen LogP contribution in [0.2, 0.25) is 0 Å². The van der Waals surface area contributed by atoms with Gasteiger partial charge in [0.05, 0.1) is 6.04 Å². The number of fused-ring (bicyclic) bond motifs is 1. The fourth-order valence-corrected chi connectivity index (χ4v) is 3.73. The molecule has 1 aromatic rings. The molecule has 1 aliphatic heterocycles. The van der Waals surface area contributed by atoms with Crippen LogP contribution in [0.25, 0.3) is 0 Å². The van der Waals surface area contributed by atoms with Gasteiger partial charge in [-0.25, -0.2) is 9.37 Å². The fourth-order valence-electron chi connectivity index (χ4n) is 2.91. The molecule has 0 radical (unpaired) electrons. The summed E-state index contributed by atoms with van der Waals surface area (Å²) in [6.45, 7) is 2.20. The Hall–Kier alpha value is -0.660. The van der Waals surface area contributed by atoms with E-state index in [9.17, 15) is 9.18 Å². The SMILES string of the molecule is CSCc1cc(F)c(Br)nc1NC(=O)C1C[C@@]2(C)C[C@H]2N1. The molecule has 4 nitrogen and oxygen atoms in total. The van der Waals surface area contributed by atoms with Gasteiger partial charge in [-0.1, -0.05) is 6.92 Å². The molecule has 1 amide bonds. The number of rotatable bonds is 4. The van der Waals surface area contributed by atoms with Crippen LogP contribution in [-0.2, 0) is 10.5 Å². The highest BCUT2D eigenvalue weighted by atomic mass is 79.9. The van der Waals surface area contributed by atoms with E-state index in [2.05, 4.69) is 38.5 Å². The van der Waals surface area contributed by atoms with Gasteiger partial charge in [0.15, 0.2) is 5.82 Å². The van der Waals surface area contributed by atoms with E-state index in [0.29, 0.717) is 23.2 Å². The van der Waals surface area contributed by atoms with Gasteiger partial charge in [0.25, 0.3) is 0 Å². The number of hydrogen-bond acceptors (Lipinski definition) is 4. The third kappa shape index (κ3) is 2.96. The first-order chi connectivity index (χ1) is 9.93. The molecule has 2 heterocycles. The van der Waals surface area contributed by atoms with E-state index in [0.717, 1.165) is 12.8 Å². The molecule has 2 N–H and O–H groups in total. The molecule has 0 aromatic carbocycles. The lowest BCUT2D eigenvalue weighted by Crippen LogP contribution is -2.38. The summed E-state index contributed by atoms with van der Waals surface area (Å²) in [5.41, 5.74) is 0.979. The molecule has 3 atom stereocenters. The van der Waals surface area contributed by atoms with Gasteiger partial charge in [-0.05, 0) is 46.5 Å². The highest BCUT2D eigenvalue weighted by Crippen LogP contribution is 2.53. The average Bonchev–Trinajstić information content (AvgIpc) is 2.93. The number of carbonyl (C=O) groups excluding carboxylic acids is 1. The Morgan fingerprint density at radius 2 is 2.43 bits per heavy atom. The predicted molar refractivity (Wildman–Crippen MR) is 85.8 cm³/mol. The van der Waals surface area contributed by atoms with Gasteiger partial charge in [-0.15, -0.1) is 0 Å². The van der Waals surface area contributed by atoms with Crippen molar-refractivity contribution in [1.29, 1.82) is 0 Å². The summed E-state index contributed by atoms with van der Waals surface area (Å²) >= 11 is 4.63. The molecule has 21 heavy (non-hydrogen) atoms. The average molecular weight is 374 g/mol. The summed E-state index contributed by atoms with van der Waals surface area (Å²) in [6.07, 6.45) is 3.93. The van der Waals surface area contributed by atoms with Crippen molar-refractivity contribution in [3.8, 4) is 0 Å². The van der Waals surface area contributed by atoms with Gasteiger partial charge in [0.1, 0.15) is 10.4 Å². The minimum absolute atomic E-state index is 0.0863. The zero-order chi connectivity index (χ0) is 15.2. The second kappa shape index (κ2) is 5.52. The molecule has 0 spiro atoms. The van der Waals surface area contributed by atoms with Gasteiger partial charge in [0, 0.05) is 17.4 Å². The van der Waals surface area contributed by atoms with Crippen molar-refractivity contribution in [2.45, 2.75) is 37.6 Å². The van der Waals surface area contributed by atoms with E-state index in [1.54, 1.807) is 11.8 Å². The van der Waals surface area contributed by atoms with Crippen LogP contribution in [-0.4, -0.2) is 29.2 Å². The second-order valence-electron chi connectivity index (χ2n) is 6.03. The van der Waals surface area contributed by atoms with E-state index in [1.165, 1.54) is 6.07 Å². The Labute approximate surface area is 135 Å². The summed E-state index contributed by atoms with van der Waals surface area (Å²) < 4.78 is 13.7. The minimum atomic E-state index is -0.412. The molecule has 2 fully saturated rings. The molecular formula is C14H17BrFN3OS. The third-order valence-corrected chi connectivity index (χ3v) is 5.45. The number of nitrogens with one attached hydrogen (secondary N) is 2. The van der Waals surface area contributed by atoms with Gasteiger partial charge in [-0.2, -0.15) is 11.8 Å². The van der Waals surface area contributed by atoms with Crippen LogP contribution in [0.1, 0.15) is 25.3 Å². The first-order valence-electron chi connectivity index (χ1n) is 6.84.